The van der Waals surface area contributed by atoms with E-state index in [1.54, 1.807) is 0 Å². The standard InChI is InChI=1S/C13H18FN3O2/c1-13(2,3)17-12(19)16-11(18)8-15-10-6-4-9(14)5-7-10/h4-7,15H,8H2,1-3H3,(H2,16,17,18,19). The van der Waals surface area contributed by atoms with Crippen LogP contribution >= 0.6 is 0 Å². The molecule has 104 valence electrons. The van der Waals surface area contributed by atoms with Crippen LogP contribution in [0.3, 0.4) is 0 Å². The average molecular weight is 267 g/mol. The molecule has 0 unspecified atom stereocenters. The van der Waals surface area contributed by atoms with Crippen molar-refractivity contribution >= 4 is 17.6 Å². The Kier molecular flexibility index (Phi) is 4.86. The summed E-state index contributed by atoms with van der Waals surface area (Å²) < 4.78 is 12.7. The monoisotopic (exact) mass is 267 g/mol. The number of benzene rings is 1. The molecule has 19 heavy (non-hydrogen) atoms. The number of hydrogen-bond acceptors (Lipinski definition) is 3. The maximum atomic E-state index is 12.7. The molecular formula is C13H18FN3O2. The van der Waals surface area contributed by atoms with Crippen molar-refractivity contribution in [2.45, 2.75) is 26.3 Å². The second-order valence-electron chi connectivity index (χ2n) is 5.11. The molecule has 1 rings (SSSR count). The molecule has 0 heterocycles. The molecule has 3 amide bonds. The molecule has 0 aliphatic rings. The summed E-state index contributed by atoms with van der Waals surface area (Å²) in [6, 6.07) is 5.05. The number of anilines is 1. The Labute approximate surface area is 111 Å². The smallest absolute Gasteiger partial charge is 0.321 e. The SMILES string of the molecule is CC(C)(C)NC(=O)NC(=O)CNc1ccc(F)cc1. The highest BCUT2D eigenvalue weighted by Gasteiger charge is 2.15. The zero-order valence-corrected chi connectivity index (χ0v) is 11.2. The third-order valence-electron chi connectivity index (χ3n) is 2.04. The second kappa shape index (κ2) is 6.17. The topological polar surface area (TPSA) is 70.2 Å². The van der Waals surface area contributed by atoms with E-state index in [1.807, 2.05) is 20.8 Å². The van der Waals surface area contributed by atoms with E-state index >= 15 is 0 Å². The highest BCUT2D eigenvalue weighted by atomic mass is 19.1. The van der Waals surface area contributed by atoms with Crippen molar-refractivity contribution in [1.82, 2.24) is 10.6 Å². The van der Waals surface area contributed by atoms with Crippen LogP contribution in [0.4, 0.5) is 14.9 Å². The molecule has 0 fully saturated rings. The number of halogens is 1. The number of rotatable bonds is 3. The van der Waals surface area contributed by atoms with Crippen LogP contribution in [-0.4, -0.2) is 24.0 Å². The zero-order chi connectivity index (χ0) is 14.5. The minimum Gasteiger partial charge on any atom is -0.376 e. The molecule has 0 saturated heterocycles. The van der Waals surface area contributed by atoms with Gasteiger partial charge >= 0.3 is 6.03 Å². The van der Waals surface area contributed by atoms with E-state index in [9.17, 15) is 14.0 Å². The summed E-state index contributed by atoms with van der Waals surface area (Å²) in [6.45, 7) is 5.37. The van der Waals surface area contributed by atoms with Crippen LogP contribution in [0.5, 0.6) is 0 Å². The lowest BCUT2D eigenvalue weighted by Gasteiger charge is -2.20. The maximum Gasteiger partial charge on any atom is 0.321 e. The molecule has 5 nitrogen and oxygen atoms in total. The Morgan fingerprint density at radius 3 is 2.26 bits per heavy atom. The van der Waals surface area contributed by atoms with Crippen molar-refractivity contribution in [1.29, 1.82) is 0 Å². The minimum absolute atomic E-state index is 0.0663. The summed E-state index contributed by atoms with van der Waals surface area (Å²) in [6.07, 6.45) is 0. The molecule has 0 spiro atoms. The summed E-state index contributed by atoms with van der Waals surface area (Å²) >= 11 is 0. The van der Waals surface area contributed by atoms with Gasteiger partial charge in [-0.25, -0.2) is 9.18 Å². The quantitative estimate of drug-likeness (QED) is 0.783. The number of urea groups is 1. The van der Waals surface area contributed by atoms with Crippen LogP contribution in [-0.2, 0) is 4.79 Å². The Hall–Kier alpha value is -2.11. The van der Waals surface area contributed by atoms with E-state index in [1.165, 1.54) is 24.3 Å². The van der Waals surface area contributed by atoms with Gasteiger partial charge in [-0.1, -0.05) is 0 Å². The molecule has 0 radical (unpaired) electrons. The number of carbonyl (C=O) groups excluding carboxylic acids is 2. The predicted octanol–water partition coefficient (Wildman–Crippen LogP) is 1.86. The average Bonchev–Trinajstić information content (AvgIpc) is 2.25. The van der Waals surface area contributed by atoms with Crippen molar-refractivity contribution in [2.75, 3.05) is 11.9 Å². The minimum atomic E-state index is -0.543. The van der Waals surface area contributed by atoms with E-state index in [2.05, 4.69) is 16.0 Å². The lowest BCUT2D eigenvalue weighted by atomic mass is 10.1. The summed E-state index contributed by atoms with van der Waals surface area (Å²) in [7, 11) is 0. The van der Waals surface area contributed by atoms with Crippen LogP contribution in [0.25, 0.3) is 0 Å². The number of amides is 3. The van der Waals surface area contributed by atoms with Crippen molar-refractivity contribution in [2.24, 2.45) is 0 Å². The van der Waals surface area contributed by atoms with Gasteiger partial charge < -0.3 is 10.6 Å². The summed E-state index contributed by atoms with van der Waals surface area (Å²) in [5.41, 5.74) is 0.196. The van der Waals surface area contributed by atoms with Gasteiger partial charge in [0.25, 0.3) is 0 Å². The van der Waals surface area contributed by atoms with E-state index in [-0.39, 0.29) is 12.4 Å². The van der Waals surface area contributed by atoms with E-state index in [0.29, 0.717) is 5.69 Å². The summed E-state index contributed by atoms with van der Waals surface area (Å²) in [5.74, 6) is -0.814. The first-order valence-electron chi connectivity index (χ1n) is 5.88. The zero-order valence-electron chi connectivity index (χ0n) is 11.2. The van der Waals surface area contributed by atoms with Crippen molar-refractivity contribution in [3.05, 3.63) is 30.1 Å². The summed E-state index contributed by atoms with van der Waals surface area (Å²) in [4.78, 5) is 22.9. The first-order chi connectivity index (χ1) is 8.76. The molecule has 0 aromatic heterocycles. The van der Waals surface area contributed by atoms with Crippen molar-refractivity contribution < 1.29 is 14.0 Å². The van der Waals surface area contributed by atoms with Crippen LogP contribution in [0.1, 0.15) is 20.8 Å². The molecule has 0 aliphatic heterocycles. The third-order valence-corrected chi connectivity index (χ3v) is 2.04. The fraction of sp³-hybridized carbons (Fsp3) is 0.385. The molecule has 0 atom stereocenters. The van der Waals surface area contributed by atoms with Gasteiger partial charge in [-0.15, -0.1) is 0 Å². The van der Waals surface area contributed by atoms with Gasteiger partial charge in [0.05, 0.1) is 6.54 Å². The van der Waals surface area contributed by atoms with Crippen molar-refractivity contribution in [3.63, 3.8) is 0 Å². The molecule has 6 heteroatoms. The van der Waals surface area contributed by atoms with E-state index in [4.69, 9.17) is 0 Å². The van der Waals surface area contributed by atoms with Gasteiger partial charge in [-0.2, -0.15) is 0 Å². The molecule has 3 N–H and O–H groups in total. The highest BCUT2D eigenvalue weighted by Crippen LogP contribution is 2.07. The lowest BCUT2D eigenvalue weighted by Crippen LogP contribution is -2.49. The van der Waals surface area contributed by atoms with Gasteiger partial charge in [0.15, 0.2) is 0 Å². The number of nitrogens with one attached hydrogen (secondary N) is 3. The Balaban J connectivity index is 2.36. The normalized spacial score (nSPS) is 10.7. The largest absolute Gasteiger partial charge is 0.376 e. The number of carbonyl (C=O) groups is 2. The van der Waals surface area contributed by atoms with E-state index in [0.717, 1.165) is 0 Å². The fourth-order valence-corrected chi connectivity index (χ4v) is 1.29. The van der Waals surface area contributed by atoms with E-state index < -0.39 is 17.5 Å². The number of hydrogen-bond donors (Lipinski definition) is 3. The molecule has 0 aliphatic carbocycles. The molecule has 0 bridgehead atoms. The van der Waals surface area contributed by atoms with Crippen LogP contribution in [0, 0.1) is 5.82 Å². The molecule has 0 saturated carbocycles. The summed E-state index contributed by atoms with van der Waals surface area (Å²) in [5, 5.41) is 7.58. The first-order valence-corrected chi connectivity index (χ1v) is 5.88. The predicted molar refractivity (Wildman–Crippen MR) is 71.3 cm³/mol. The molecule has 1 aromatic rings. The fourth-order valence-electron chi connectivity index (χ4n) is 1.29. The Bertz CT molecular complexity index is 452. The third kappa shape index (κ3) is 6.40. The highest BCUT2D eigenvalue weighted by molar-refractivity contribution is 5.96. The van der Waals surface area contributed by atoms with Gasteiger partial charge in [-0.3, -0.25) is 10.1 Å². The van der Waals surface area contributed by atoms with Gasteiger partial charge in [0.2, 0.25) is 5.91 Å². The van der Waals surface area contributed by atoms with Crippen LogP contribution in [0.2, 0.25) is 0 Å². The molecular weight excluding hydrogens is 249 g/mol. The lowest BCUT2D eigenvalue weighted by molar-refractivity contribution is -0.118. The molecule has 1 aromatic carbocycles. The second-order valence-corrected chi connectivity index (χ2v) is 5.11. The van der Waals surface area contributed by atoms with Gasteiger partial charge in [-0.05, 0) is 45.0 Å². The van der Waals surface area contributed by atoms with Gasteiger partial charge in [0.1, 0.15) is 5.82 Å². The Morgan fingerprint density at radius 2 is 1.74 bits per heavy atom. The van der Waals surface area contributed by atoms with Crippen LogP contribution < -0.4 is 16.0 Å². The first kappa shape index (κ1) is 14.9. The van der Waals surface area contributed by atoms with Gasteiger partial charge in [0, 0.05) is 11.2 Å². The van der Waals surface area contributed by atoms with Crippen LogP contribution in [0.15, 0.2) is 24.3 Å². The maximum absolute atomic E-state index is 12.7. The number of imide groups is 1. The Morgan fingerprint density at radius 1 is 1.16 bits per heavy atom. The van der Waals surface area contributed by atoms with Crippen molar-refractivity contribution in [3.8, 4) is 0 Å².